The Morgan fingerprint density at radius 2 is 2.37 bits per heavy atom. The summed E-state index contributed by atoms with van der Waals surface area (Å²) in [6.07, 6.45) is 2.79. The minimum atomic E-state index is -0.728. The van der Waals surface area contributed by atoms with Crippen LogP contribution in [0.2, 0.25) is 0 Å². The van der Waals surface area contributed by atoms with E-state index in [0.717, 1.165) is 25.2 Å². The highest BCUT2D eigenvalue weighted by Gasteiger charge is 2.14. The molecule has 1 aliphatic rings. The van der Waals surface area contributed by atoms with Gasteiger partial charge < -0.3 is 15.2 Å². The van der Waals surface area contributed by atoms with Gasteiger partial charge in [0.1, 0.15) is 5.75 Å². The molecule has 0 saturated carbocycles. The Morgan fingerprint density at radius 3 is 3.11 bits per heavy atom. The van der Waals surface area contributed by atoms with Crippen LogP contribution in [0.1, 0.15) is 30.9 Å². The third kappa shape index (κ3) is 3.70. The van der Waals surface area contributed by atoms with Crippen molar-refractivity contribution in [2.45, 2.75) is 32.7 Å². The largest absolute Gasteiger partial charge is 0.493 e. The summed E-state index contributed by atoms with van der Waals surface area (Å²) in [4.78, 5) is 10.9. The molecule has 1 aromatic rings. The van der Waals surface area contributed by atoms with Crippen molar-refractivity contribution in [3.05, 3.63) is 29.3 Å². The summed E-state index contributed by atoms with van der Waals surface area (Å²) in [5.41, 5.74) is 2.44. The van der Waals surface area contributed by atoms with E-state index < -0.39 is 5.97 Å². The first-order valence-electron chi connectivity index (χ1n) is 6.89. The molecule has 0 spiro atoms. The van der Waals surface area contributed by atoms with E-state index in [1.165, 1.54) is 11.1 Å². The lowest BCUT2D eigenvalue weighted by Crippen LogP contribution is -2.27. The lowest BCUT2D eigenvalue weighted by atomic mass is 10.0. The lowest BCUT2D eigenvalue weighted by Gasteiger charge is -2.18. The molecule has 2 N–H and O–H groups in total. The number of hydrogen-bond donors (Lipinski definition) is 2. The van der Waals surface area contributed by atoms with E-state index in [1.54, 1.807) is 0 Å². The molecule has 0 fully saturated rings. The average Bonchev–Trinajstić information content (AvgIpc) is 2.43. The number of ether oxygens (including phenoxy) is 1. The van der Waals surface area contributed by atoms with Crippen LogP contribution < -0.4 is 10.1 Å². The SMILES string of the molecule is CCC(CNCc1ccc2c(c1)CCCO2)C(=O)O. The summed E-state index contributed by atoms with van der Waals surface area (Å²) in [7, 11) is 0. The first-order chi connectivity index (χ1) is 9.20. The molecule has 0 bridgehead atoms. The number of carboxylic acids is 1. The second-order valence-corrected chi connectivity index (χ2v) is 4.97. The van der Waals surface area contributed by atoms with Crippen molar-refractivity contribution < 1.29 is 14.6 Å². The monoisotopic (exact) mass is 263 g/mol. The molecule has 4 heteroatoms. The molecular weight excluding hydrogens is 242 g/mol. The van der Waals surface area contributed by atoms with E-state index in [-0.39, 0.29) is 5.92 Å². The lowest BCUT2D eigenvalue weighted by molar-refractivity contribution is -0.141. The van der Waals surface area contributed by atoms with Gasteiger partial charge in [0.25, 0.3) is 0 Å². The fourth-order valence-electron chi connectivity index (χ4n) is 2.32. The Labute approximate surface area is 113 Å². The standard InChI is InChI=1S/C15H21NO3/c1-2-12(15(17)18)10-16-9-11-5-6-14-13(8-11)4-3-7-19-14/h5-6,8,12,16H,2-4,7,9-10H2,1H3,(H,17,18). The second-order valence-electron chi connectivity index (χ2n) is 4.97. The number of aliphatic carboxylic acids is 1. The number of carbonyl (C=O) groups is 1. The van der Waals surface area contributed by atoms with Crippen molar-refractivity contribution in [2.75, 3.05) is 13.2 Å². The highest BCUT2D eigenvalue weighted by molar-refractivity contribution is 5.70. The molecule has 0 radical (unpaired) electrons. The molecule has 104 valence electrons. The van der Waals surface area contributed by atoms with Crippen molar-refractivity contribution in [1.29, 1.82) is 0 Å². The van der Waals surface area contributed by atoms with Crippen LogP contribution in [0.25, 0.3) is 0 Å². The fourth-order valence-corrected chi connectivity index (χ4v) is 2.32. The van der Waals surface area contributed by atoms with Crippen LogP contribution in [0.15, 0.2) is 18.2 Å². The number of aryl methyl sites for hydroxylation is 1. The third-order valence-electron chi connectivity index (χ3n) is 3.53. The normalized spacial score (nSPS) is 15.4. The summed E-state index contributed by atoms with van der Waals surface area (Å²) in [6, 6.07) is 6.21. The number of benzene rings is 1. The van der Waals surface area contributed by atoms with E-state index in [1.807, 2.05) is 19.1 Å². The predicted octanol–water partition coefficient (Wildman–Crippen LogP) is 2.21. The smallest absolute Gasteiger partial charge is 0.307 e. The summed E-state index contributed by atoms with van der Waals surface area (Å²) >= 11 is 0. The maximum Gasteiger partial charge on any atom is 0.307 e. The molecule has 19 heavy (non-hydrogen) atoms. The van der Waals surface area contributed by atoms with Gasteiger partial charge in [-0.1, -0.05) is 19.1 Å². The van der Waals surface area contributed by atoms with Crippen molar-refractivity contribution in [3.63, 3.8) is 0 Å². The summed E-state index contributed by atoms with van der Waals surface area (Å²) in [5, 5.41) is 12.2. The van der Waals surface area contributed by atoms with Crippen molar-refractivity contribution >= 4 is 5.97 Å². The van der Waals surface area contributed by atoms with Gasteiger partial charge in [0, 0.05) is 13.1 Å². The molecule has 1 aliphatic heterocycles. The van der Waals surface area contributed by atoms with E-state index in [0.29, 0.717) is 19.5 Å². The molecule has 1 aromatic carbocycles. The van der Waals surface area contributed by atoms with Crippen molar-refractivity contribution in [3.8, 4) is 5.75 Å². The molecule has 0 amide bonds. The van der Waals surface area contributed by atoms with Crippen LogP contribution in [-0.4, -0.2) is 24.2 Å². The average molecular weight is 263 g/mol. The van der Waals surface area contributed by atoms with Crippen LogP contribution in [0.3, 0.4) is 0 Å². The molecule has 1 atom stereocenters. The van der Waals surface area contributed by atoms with Gasteiger partial charge in [0.05, 0.1) is 12.5 Å². The number of nitrogens with one attached hydrogen (secondary N) is 1. The van der Waals surface area contributed by atoms with E-state index in [9.17, 15) is 4.79 Å². The van der Waals surface area contributed by atoms with E-state index in [2.05, 4.69) is 11.4 Å². The van der Waals surface area contributed by atoms with Crippen LogP contribution in [-0.2, 0) is 17.8 Å². The summed E-state index contributed by atoms with van der Waals surface area (Å²) in [6.45, 7) is 3.93. The zero-order chi connectivity index (χ0) is 13.7. The highest BCUT2D eigenvalue weighted by Crippen LogP contribution is 2.25. The number of carboxylic acid groups (broad SMARTS) is 1. The Hall–Kier alpha value is -1.55. The minimum absolute atomic E-state index is 0.305. The zero-order valence-electron chi connectivity index (χ0n) is 11.3. The molecule has 0 saturated heterocycles. The van der Waals surface area contributed by atoms with Crippen LogP contribution >= 0.6 is 0 Å². The molecule has 4 nitrogen and oxygen atoms in total. The van der Waals surface area contributed by atoms with Gasteiger partial charge >= 0.3 is 5.97 Å². The van der Waals surface area contributed by atoms with Crippen molar-refractivity contribution in [1.82, 2.24) is 5.32 Å². The maximum atomic E-state index is 10.9. The van der Waals surface area contributed by atoms with Crippen molar-refractivity contribution in [2.24, 2.45) is 5.92 Å². The molecule has 0 aromatic heterocycles. The summed E-state index contributed by atoms with van der Waals surface area (Å²) < 4.78 is 5.57. The minimum Gasteiger partial charge on any atom is -0.493 e. The van der Waals surface area contributed by atoms with E-state index >= 15 is 0 Å². The molecular formula is C15H21NO3. The molecule has 1 unspecified atom stereocenters. The maximum absolute atomic E-state index is 10.9. The zero-order valence-corrected chi connectivity index (χ0v) is 11.3. The fraction of sp³-hybridized carbons (Fsp3) is 0.533. The Balaban J connectivity index is 1.88. The number of rotatable bonds is 6. The second kappa shape index (κ2) is 6.57. The van der Waals surface area contributed by atoms with Crippen LogP contribution in [0, 0.1) is 5.92 Å². The topological polar surface area (TPSA) is 58.6 Å². The third-order valence-corrected chi connectivity index (χ3v) is 3.53. The summed E-state index contributed by atoms with van der Waals surface area (Å²) in [5.74, 6) is -0.0400. The van der Waals surface area contributed by atoms with Gasteiger partial charge in [0.15, 0.2) is 0 Å². The molecule has 1 heterocycles. The highest BCUT2D eigenvalue weighted by atomic mass is 16.5. The Kier molecular flexibility index (Phi) is 4.80. The van der Waals surface area contributed by atoms with Gasteiger partial charge in [-0.05, 0) is 36.5 Å². The first-order valence-corrected chi connectivity index (χ1v) is 6.89. The van der Waals surface area contributed by atoms with E-state index in [4.69, 9.17) is 9.84 Å². The van der Waals surface area contributed by atoms with Gasteiger partial charge in [-0.3, -0.25) is 4.79 Å². The van der Waals surface area contributed by atoms with Crippen LogP contribution in [0.4, 0.5) is 0 Å². The first kappa shape index (κ1) is 13.9. The Morgan fingerprint density at radius 1 is 1.53 bits per heavy atom. The quantitative estimate of drug-likeness (QED) is 0.826. The molecule has 0 aliphatic carbocycles. The van der Waals surface area contributed by atoms with Gasteiger partial charge in [-0.2, -0.15) is 0 Å². The predicted molar refractivity (Wildman–Crippen MR) is 73.4 cm³/mol. The van der Waals surface area contributed by atoms with Gasteiger partial charge in [-0.25, -0.2) is 0 Å². The number of fused-ring (bicyclic) bond motifs is 1. The Bertz CT molecular complexity index is 445. The van der Waals surface area contributed by atoms with Gasteiger partial charge in [0.2, 0.25) is 0 Å². The van der Waals surface area contributed by atoms with Gasteiger partial charge in [-0.15, -0.1) is 0 Å². The van der Waals surface area contributed by atoms with Crippen LogP contribution in [0.5, 0.6) is 5.75 Å². The molecule has 2 rings (SSSR count). The number of hydrogen-bond acceptors (Lipinski definition) is 3.